The van der Waals surface area contributed by atoms with Crippen LogP contribution in [0.3, 0.4) is 0 Å². The van der Waals surface area contributed by atoms with Gasteiger partial charge in [0.05, 0.1) is 0 Å². The zero-order valence-electron chi connectivity index (χ0n) is 8.99. The average Bonchev–Trinajstić information content (AvgIpc) is 2.21. The number of hydrogen-bond donors (Lipinski definition) is 1. The highest BCUT2D eigenvalue weighted by molar-refractivity contribution is 7.99. The van der Waals surface area contributed by atoms with Crippen molar-refractivity contribution in [1.29, 1.82) is 0 Å². The summed E-state index contributed by atoms with van der Waals surface area (Å²) in [7, 11) is 0. The van der Waals surface area contributed by atoms with Crippen LogP contribution in [0.1, 0.15) is 29.7 Å². The first kappa shape index (κ1) is 11.6. The maximum absolute atomic E-state index is 5.79. The molecule has 1 nitrogen and oxygen atoms in total. The molecule has 0 aliphatic carbocycles. The van der Waals surface area contributed by atoms with E-state index in [4.69, 9.17) is 5.73 Å². The van der Waals surface area contributed by atoms with E-state index in [1.807, 2.05) is 11.8 Å². The Balaban J connectivity index is 2.73. The molecule has 0 bridgehead atoms. The van der Waals surface area contributed by atoms with Crippen LogP contribution in [0.5, 0.6) is 0 Å². The summed E-state index contributed by atoms with van der Waals surface area (Å²) in [4.78, 5) is 0. The van der Waals surface area contributed by atoms with Gasteiger partial charge in [-0.05, 0) is 30.2 Å². The lowest BCUT2D eigenvalue weighted by Gasteiger charge is -2.16. The van der Waals surface area contributed by atoms with E-state index in [0.29, 0.717) is 5.25 Å². The molecule has 1 rings (SSSR count). The van der Waals surface area contributed by atoms with Crippen molar-refractivity contribution >= 4 is 11.8 Å². The van der Waals surface area contributed by atoms with E-state index in [0.717, 1.165) is 6.54 Å². The van der Waals surface area contributed by atoms with Crippen LogP contribution in [0.25, 0.3) is 0 Å². The van der Waals surface area contributed by atoms with Crippen molar-refractivity contribution in [1.82, 2.24) is 0 Å². The first-order chi connectivity index (χ1) is 6.79. The molecule has 0 aromatic heterocycles. The highest BCUT2D eigenvalue weighted by Gasteiger charge is 2.10. The summed E-state index contributed by atoms with van der Waals surface area (Å²) in [6.45, 7) is 5.10. The summed E-state index contributed by atoms with van der Waals surface area (Å²) in [5.41, 5.74) is 8.54. The molecule has 78 valence electrons. The second kappa shape index (κ2) is 6.10. The van der Waals surface area contributed by atoms with Gasteiger partial charge in [0.15, 0.2) is 0 Å². The lowest BCUT2D eigenvalue weighted by Crippen LogP contribution is -2.11. The molecule has 0 saturated heterocycles. The van der Waals surface area contributed by atoms with Crippen LogP contribution in [0.15, 0.2) is 24.3 Å². The molecule has 14 heavy (non-hydrogen) atoms. The normalized spacial score (nSPS) is 12.8. The van der Waals surface area contributed by atoms with Crippen LogP contribution in [0.2, 0.25) is 0 Å². The van der Waals surface area contributed by atoms with Crippen LogP contribution >= 0.6 is 11.8 Å². The molecule has 0 aliphatic heterocycles. The predicted octanol–water partition coefficient (Wildman–Crippen LogP) is 3.14. The zero-order chi connectivity index (χ0) is 10.4. The second-order valence-electron chi connectivity index (χ2n) is 3.45. The van der Waals surface area contributed by atoms with Crippen LogP contribution < -0.4 is 5.73 Å². The summed E-state index contributed by atoms with van der Waals surface area (Å²) in [5.74, 6) is 1.19. The Morgan fingerprint density at radius 3 is 2.64 bits per heavy atom. The predicted molar refractivity (Wildman–Crippen MR) is 65.7 cm³/mol. The third-order valence-corrected chi connectivity index (χ3v) is 3.77. The minimum Gasteiger partial charge on any atom is -0.329 e. The minimum absolute atomic E-state index is 0.469. The molecule has 1 aromatic carbocycles. The Hall–Kier alpha value is -0.470. The summed E-state index contributed by atoms with van der Waals surface area (Å²) < 4.78 is 0. The van der Waals surface area contributed by atoms with Crippen molar-refractivity contribution in [2.45, 2.75) is 25.5 Å². The molecular formula is C12H19NS. The van der Waals surface area contributed by atoms with Gasteiger partial charge < -0.3 is 5.73 Å². The molecule has 2 heteroatoms. The van der Waals surface area contributed by atoms with Crippen LogP contribution in [-0.2, 0) is 0 Å². The third-order valence-electron chi connectivity index (χ3n) is 2.27. The third kappa shape index (κ3) is 3.03. The minimum atomic E-state index is 0.469. The van der Waals surface area contributed by atoms with Gasteiger partial charge in [-0.3, -0.25) is 0 Å². The zero-order valence-corrected chi connectivity index (χ0v) is 9.81. The fourth-order valence-electron chi connectivity index (χ4n) is 1.49. The Bertz CT molecular complexity index is 273. The average molecular weight is 209 g/mol. The number of hydrogen-bond acceptors (Lipinski definition) is 2. The van der Waals surface area contributed by atoms with Gasteiger partial charge in [0.2, 0.25) is 0 Å². The van der Waals surface area contributed by atoms with Gasteiger partial charge in [0.1, 0.15) is 0 Å². The standard InChI is InChI=1S/C12H19NS/c1-3-8-14-12(9-13)11-7-5-4-6-10(11)2/h4-7,12H,3,8-9,13H2,1-2H3. The quantitative estimate of drug-likeness (QED) is 0.806. The Morgan fingerprint density at radius 1 is 1.36 bits per heavy atom. The molecule has 0 spiro atoms. The van der Waals surface area contributed by atoms with Crippen LogP contribution in [-0.4, -0.2) is 12.3 Å². The highest BCUT2D eigenvalue weighted by atomic mass is 32.2. The van der Waals surface area contributed by atoms with Gasteiger partial charge in [0.25, 0.3) is 0 Å². The first-order valence-corrected chi connectivity index (χ1v) is 6.21. The Labute approximate surface area is 91.1 Å². The van der Waals surface area contributed by atoms with Crippen molar-refractivity contribution in [3.63, 3.8) is 0 Å². The van der Waals surface area contributed by atoms with Crippen molar-refractivity contribution in [2.75, 3.05) is 12.3 Å². The smallest absolute Gasteiger partial charge is 0.0422 e. The molecule has 0 aliphatic rings. The van der Waals surface area contributed by atoms with Crippen molar-refractivity contribution < 1.29 is 0 Å². The SMILES string of the molecule is CCCSC(CN)c1ccccc1C. The molecule has 1 aromatic rings. The number of nitrogens with two attached hydrogens (primary N) is 1. The summed E-state index contributed by atoms with van der Waals surface area (Å²) >= 11 is 1.96. The maximum Gasteiger partial charge on any atom is 0.0422 e. The topological polar surface area (TPSA) is 26.0 Å². The van der Waals surface area contributed by atoms with E-state index in [9.17, 15) is 0 Å². The van der Waals surface area contributed by atoms with E-state index < -0.39 is 0 Å². The fourth-order valence-corrected chi connectivity index (χ4v) is 2.59. The molecule has 1 atom stereocenters. The molecule has 2 N–H and O–H groups in total. The number of aryl methyl sites for hydroxylation is 1. The van der Waals surface area contributed by atoms with Gasteiger partial charge in [0, 0.05) is 11.8 Å². The highest BCUT2D eigenvalue weighted by Crippen LogP contribution is 2.30. The molecular weight excluding hydrogens is 190 g/mol. The summed E-state index contributed by atoms with van der Waals surface area (Å²) in [5, 5.41) is 0.469. The van der Waals surface area contributed by atoms with E-state index in [-0.39, 0.29) is 0 Å². The maximum atomic E-state index is 5.79. The van der Waals surface area contributed by atoms with Gasteiger partial charge in [-0.2, -0.15) is 11.8 Å². The summed E-state index contributed by atoms with van der Waals surface area (Å²) in [6.07, 6.45) is 1.22. The molecule has 0 heterocycles. The van der Waals surface area contributed by atoms with Crippen molar-refractivity contribution in [3.8, 4) is 0 Å². The van der Waals surface area contributed by atoms with E-state index >= 15 is 0 Å². The van der Waals surface area contributed by atoms with Gasteiger partial charge in [-0.1, -0.05) is 31.2 Å². The van der Waals surface area contributed by atoms with Crippen LogP contribution in [0, 0.1) is 6.92 Å². The molecule has 0 saturated carbocycles. The molecule has 1 unspecified atom stereocenters. The van der Waals surface area contributed by atoms with Crippen molar-refractivity contribution in [3.05, 3.63) is 35.4 Å². The molecule has 0 radical (unpaired) electrons. The van der Waals surface area contributed by atoms with Crippen LogP contribution in [0.4, 0.5) is 0 Å². The Kier molecular flexibility index (Phi) is 5.05. The second-order valence-corrected chi connectivity index (χ2v) is 4.76. The van der Waals surface area contributed by atoms with Gasteiger partial charge in [-0.25, -0.2) is 0 Å². The van der Waals surface area contributed by atoms with Gasteiger partial charge in [-0.15, -0.1) is 0 Å². The summed E-state index contributed by atoms with van der Waals surface area (Å²) in [6, 6.07) is 8.52. The lowest BCUT2D eigenvalue weighted by molar-refractivity contribution is 0.926. The largest absolute Gasteiger partial charge is 0.329 e. The monoisotopic (exact) mass is 209 g/mol. The number of thioether (sulfide) groups is 1. The number of benzene rings is 1. The molecule has 0 fully saturated rings. The van der Waals surface area contributed by atoms with Crippen molar-refractivity contribution in [2.24, 2.45) is 5.73 Å². The molecule has 0 amide bonds. The lowest BCUT2D eigenvalue weighted by atomic mass is 10.1. The van der Waals surface area contributed by atoms with E-state index in [1.54, 1.807) is 0 Å². The van der Waals surface area contributed by atoms with E-state index in [2.05, 4.69) is 38.1 Å². The number of rotatable bonds is 5. The van der Waals surface area contributed by atoms with E-state index in [1.165, 1.54) is 23.3 Å². The van der Waals surface area contributed by atoms with Gasteiger partial charge >= 0.3 is 0 Å². The Morgan fingerprint density at radius 2 is 2.07 bits per heavy atom. The first-order valence-electron chi connectivity index (χ1n) is 5.16. The fraction of sp³-hybridized carbons (Fsp3) is 0.500.